The van der Waals surface area contributed by atoms with Crippen molar-refractivity contribution in [3.63, 3.8) is 0 Å². The van der Waals surface area contributed by atoms with Gasteiger partial charge < -0.3 is 19.9 Å². The van der Waals surface area contributed by atoms with Crippen molar-refractivity contribution in [2.45, 2.75) is 24.8 Å². The third-order valence-corrected chi connectivity index (χ3v) is 5.88. The maximum atomic E-state index is 12.7. The fourth-order valence-corrected chi connectivity index (χ4v) is 4.23. The Morgan fingerprint density at radius 3 is 2.24 bits per heavy atom. The van der Waals surface area contributed by atoms with E-state index in [0.29, 0.717) is 26.3 Å². The molecule has 3 N–H and O–H groups in total. The van der Waals surface area contributed by atoms with Crippen LogP contribution in [0, 0.1) is 0 Å². The number of aliphatic carboxylic acids is 1. The number of carbonyl (C=O) groups excluding carboxylic acids is 2. The first kappa shape index (κ1) is 22.8. The lowest BCUT2D eigenvalue weighted by molar-refractivity contribution is -0.137. The molecule has 1 unspecified atom stereocenters. The molecule has 2 aromatic carbocycles. The normalized spacial score (nSPS) is 16.4. The SMILES string of the molecule is O=C(O)CCC(NC(=O)OCC1c2ccccc2-c2ccccc21)C(=O)NN1CCOCC1. The zero-order valence-corrected chi connectivity index (χ0v) is 18.2. The summed E-state index contributed by atoms with van der Waals surface area (Å²) in [5.41, 5.74) is 7.12. The van der Waals surface area contributed by atoms with Crippen LogP contribution in [0.5, 0.6) is 0 Å². The first-order valence-corrected chi connectivity index (χ1v) is 11.0. The number of fused-ring (bicyclic) bond motifs is 3. The van der Waals surface area contributed by atoms with Crippen LogP contribution >= 0.6 is 0 Å². The number of benzene rings is 2. The molecule has 1 saturated heterocycles. The first-order chi connectivity index (χ1) is 16.0. The van der Waals surface area contributed by atoms with E-state index in [1.807, 2.05) is 48.5 Å². The number of carboxylic acids is 1. The average molecular weight is 453 g/mol. The van der Waals surface area contributed by atoms with Crippen LogP contribution in [0.15, 0.2) is 48.5 Å². The number of carbonyl (C=O) groups is 3. The van der Waals surface area contributed by atoms with E-state index in [1.54, 1.807) is 5.01 Å². The second-order valence-corrected chi connectivity index (χ2v) is 8.03. The molecule has 9 heteroatoms. The molecule has 33 heavy (non-hydrogen) atoms. The van der Waals surface area contributed by atoms with Crippen LogP contribution in [0.25, 0.3) is 11.1 Å². The van der Waals surface area contributed by atoms with Gasteiger partial charge in [-0.15, -0.1) is 0 Å². The molecule has 1 fully saturated rings. The molecule has 0 bridgehead atoms. The average Bonchev–Trinajstić information content (AvgIpc) is 3.14. The molecule has 4 rings (SSSR count). The van der Waals surface area contributed by atoms with E-state index in [9.17, 15) is 14.4 Å². The highest BCUT2D eigenvalue weighted by atomic mass is 16.5. The van der Waals surface area contributed by atoms with Crippen LogP contribution in [0.1, 0.15) is 29.9 Å². The zero-order valence-electron chi connectivity index (χ0n) is 18.2. The summed E-state index contributed by atoms with van der Waals surface area (Å²) in [5.74, 6) is -1.64. The predicted molar refractivity (Wildman–Crippen MR) is 119 cm³/mol. The van der Waals surface area contributed by atoms with Gasteiger partial charge in [0.1, 0.15) is 12.6 Å². The molecule has 174 valence electrons. The summed E-state index contributed by atoms with van der Waals surface area (Å²) in [7, 11) is 0. The van der Waals surface area contributed by atoms with Crippen molar-refractivity contribution >= 4 is 18.0 Å². The Hall–Kier alpha value is -3.43. The largest absolute Gasteiger partial charge is 0.481 e. The van der Waals surface area contributed by atoms with Crippen LogP contribution in [0.3, 0.4) is 0 Å². The molecule has 2 aliphatic rings. The summed E-state index contributed by atoms with van der Waals surface area (Å²) < 4.78 is 10.8. The Bertz CT molecular complexity index is 975. The molecule has 9 nitrogen and oxygen atoms in total. The van der Waals surface area contributed by atoms with Crippen molar-refractivity contribution < 1.29 is 29.0 Å². The Balaban J connectivity index is 1.39. The molecular formula is C24H27N3O6. The van der Waals surface area contributed by atoms with Crippen molar-refractivity contribution in [3.05, 3.63) is 59.7 Å². The Morgan fingerprint density at radius 1 is 1.03 bits per heavy atom. The van der Waals surface area contributed by atoms with Crippen LogP contribution in [0.2, 0.25) is 0 Å². The van der Waals surface area contributed by atoms with Gasteiger partial charge in [-0.25, -0.2) is 9.80 Å². The first-order valence-electron chi connectivity index (χ1n) is 11.0. The minimum atomic E-state index is -1.05. The minimum Gasteiger partial charge on any atom is -0.481 e. The van der Waals surface area contributed by atoms with Crippen molar-refractivity contribution in [1.82, 2.24) is 15.8 Å². The van der Waals surface area contributed by atoms with E-state index in [0.717, 1.165) is 22.3 Å². The lowest BCUT2D eigenvalue weighted by atomic mass is 9.98. The molecule has 0 spiro atoms. The lowest BCUT2D eigenvalue weighted by Gasteiger charge is -2.29. The summed E-state index contributed by atoms with van der Waals surface area (Å²) in [6.45, 7) is 2.11. The highest BCUT2D eigenvalue weighted by Gasteiger charge is 2.30. The fourth-order valence-electron chi connectivity index (χ4n) is 4.23. The monoisotopic (exact) mass is 453 g/mol. The molecule has 2 aromatic rings. The number of nitrogens with one attached hydrogen (secondary N) is 2. The van der Waals surface area contributed by atoms with Gasteiger partial charge in [0.25, 0.3) is 5.91 Å². The third-order valence-electron chi connectivity index (χ3n) is 5.88. The van der Waals surface area contributed by atoms with Crippen molar-refractivity contribution in [1.29, 1.82) is 0 Å². The highest BCUT2D eigenvalue weighted by molar-refractivity contribution is 5.86. The van der Waals surface area contributed by atoms with E-state index in [2.05, 4.69) is 10.7 Å². The zero-order chi connectivity index (χ0) is 23.2. The summed E-state index contributed by atoms with van der Waals surface area (Å²) in [4.78, 5) is 36.3. The topological polar surface area (TPSA) is 117 Å². The highest BCUT2D eigenvalue weighted by Crippen LogP contribution is 2.44. The predicted octanol–water partition coefficient (Wildman–Crippen LogP) is 2.12. The summed E-state index contributed by atoms with van der Waals surface area (Å²) in [5, 5.41) is 13.3. The number of carboxylic acid groups (broad SMARTS) is 1. The number of amides is 2. The minimum absolute atomic E-state index is 0.0459. The summed E-state index contributed by atoms with van der Waals surface area (Å²) >= 11 is 0. The molecule has 2 amide bonds. The summed E-state index contributed by atoms with van der Waals surface area (Å²) in [6, 6.07) is 15.0. The molecule has 0 radical (unpaired) electrons. The fraction of sp³-hybridized carbons (Fsp3) is 0.375. The van der Waals surface area contributed by atoms with Gasteiger partial charge in [0.05, 0.1) is 13.2 Å². The van der Waals surface area contributed by atoms with Gasteiger partial charge in [-0.05, 0) is 28.7 Å². The second kappa shape index (κ2) is 10.5. The van der Waals surface area contributed by atoms with E-state index >= 15 is 0 Å². The summed E-state index contributed by atoms with van der Waals surface area (Å²) in [6.07, 6.45) is -1.06. The second-order valence-electron chi connectivity index (χ2n) is 8.03. The van der Waals surface area contributed by atoms with Crippen molar-refractivity contribution in [2.24, 2.45) is 0 Å². The quantitative estimate of drug-likeness (QED) is 0.560. The number of rotatable bonds is 8. The molecule has 1 aliphatic carbocycles. The van der Waals surface area contributed by atoms with Gasteiger partial charge in [0.2, 0.25) is 0 Å². The smallest absolute Gasteiger partial charge is 0.407 e. The van der Waals surface area contributed by atoms with Crippen molar-refractivity contribution in [2.75, 3.05) is 32.9 Å². The maximum Gasteiger partial charge on any atom is 0.407 e. The molecule has 0 saturated carbocycles. The number of nitrogens with zero attached hydrogens (tertiary/aromatic N) is 1. The van der Waals surface area contributed by atoms with E-state index < -0.39 is 24.0 Å². The number of morpholine rings is 1. The van der Waals surface area contributed by atoms with E-state index in [1.165, 1.54) is 0 Å². The third kappa shape index (κ3) is 5.50. The van der Waals surface area contributed by atoms with Crippen molar-refractivity contribution in [3.8, 4) is 11.1 Å². The van der Waals surface area contributed by atoms with Crippen LogP contribution in [0.4, 0.5) is 4.79 Å². The van der Waals surface area contributed by atoms with Gasteiger partial charge in [0.15, 0.2) is 0 Å². The maximum absolute atomic E-state index is 12.7. The molecule has 1 aliphatic heterocycles. The number of ether oxygens (including phenoxy) is 2. The number of hydrogen-bond acceptors (Lipinski definition) is 6. The number of hydrogen-bond donors (Lipinski definition) is 3. The Morgan fingerprint density at radius 2 is 1.64 bits per heavy atom. The molecule has 0 aromatic heterocycles. The number of hydrazine groups is 1. The Kier molecular flexibility index (Phi) is 7.21. The van der Waals surface area contributed by atoms with E-state index in [4.69, 9.17) is 14.6 Å². The van der Waals surface area contributed by atoms with Gasteiger partial charge in [-0.3, -0.25) is 15.0 Å². The van der Waals surface area contributed by atoms with Gasteiger partial charge in [0, 0.05) is 25.4 Å². The molecule has 1 atom stereocenters. The number of alkyl carbamates (subject to hydrolysis) is 1. The van der Waals surface area contributed by atoms with Gasteiger partial charge in [-0.2, -0.15) is 0 Å². The van der Waals surface area contributed by atoms with Crippen LogP contribution in [-0.4, -0.2) is 67.0 Å². The molecular weight excluding hydrogens is 426 g/mol. The van der Waals surface area contributed by atoms with Gasteiger partial charge in [-0.1, -0.05) is 48.5 Å². The van der Waals surface area contributed by atoms with Gasteiger partial charge >= 0.3 is 12.1 Å². The standard InChI is InChI=1S/C24H27N3O6/c28-22(29)10-9-21(23(30)26-27-11-13-32-14-12-27)25-24(31)33-15-20-18-7-3-1-5-16(18)17-6-2-4-8-19(17)20/h1-8,20-21H,9-15H2,(H,25,31)(H,26,30)(H,28,29). The van der Waals surface area contributed by atoms with Crippen LogP contribution < -0.4 is 10.7 Å². The Labute approximate surface area is 191 Å². The van der Waals surface area contributed by atoms with Crippen LogP contribution in [-0.2, 0) is 19.1 Å². The lowest BCUT2D eigenvalue weighted by Crippen LogP contribution is -2.55. The molecule has 1 heterocycles. The van der Waals surface area contributed by atoms with E-state index in [-0.39, 0.29) is 25.4 Å².